The van der Waals surface area contributed by atoms with Gasteiger partial charge in [-0.25, -0.2) is 0 Å². The van der Waals surface area contributed by atoms with Gasteiger partial charge < -0.3 is 18.9 Å². The Bertz CT molecular complexity index is 5180. The molecule has 0 saturated carbocycles. The summed E-state index contributed by atoms with van der Waals surface area (Å²) >= 11 is 1.90. The largest absolute Gasteiger partial charge is 0.311 e. The summed E-state index contributed by atoms with van der Waals surface area (Å²) in [5.74, 6) is 0. The SMILES string of the molecule is CC(C)(C)c1cc2c3c(c1)N1c4c(cc(C(C)(C)C)cc4-n4c5ccc(C(C)(C)C)cc5c5cc(C(C)(C)C)cc1c54)B3c1ccc(-n3c4ccc(C(C)(C)C)cc4c4cc(C(C)(C)C)ccc43)cc1N2c1ccc(-c2cccc3c2sc2ccccc23)cc1. The minimum Gasteiger partial charge on any atom is -0.311 e. The van der Waals surface area contributed by atoms with Crippen molar-refractivity contribution in [2.24, 2.45) is 0 Å². The van der Waals surface area contributed by atoms with Crippen molar-refractivity contribution < 1.29 is 0 Å². The van der Waals surface area contributed by atoms with Crippen LogP contribution < -0.4 is 26.2 Å². The maximum absolute atomic E-state index is 2.74. The third-order valence-corrected chi connectivity index (χ3v) is 21.7. The molecule has 6 heteroatoms. The van der Waals surface area contributed by atoms with Gasteiger partial charge in [-0.15, -0.1) is 11.3 Å². The van der Waals surface area contributed by atoms with Crippen molar-refractivity contribution >= 4 is 132 Å². The van der Waals surface area contributed by atoms with Crippen LogP contribution in [0.1, 0.15) is 158 Å². The van der Waals surface area contributed by atoms with Gasteiger partial charge in [-0.2, -0.15) is 0 Å². The molecule has 448 valence electrons. The van der Waals surface area contributed by atoms with Gasteiger partial charge in [0.15, 0.2) is 0 Å². The first kappa shape index (κ1) is 56.9. The number of fused-ring (bicyclic) bond motifs is 15. The minimum atomic E-state index is -0.196. The van der Waals surface area contributed by atoms with E-state index >= 15 is 0 Å². The van der Waals surface area contributed by atoms with E-state index in [9.17, 15) is 0 Å². The zero-order chi connectivity index (χ0) is 63.0. The standard InChI is InChI=1S/C84H83BN4S/c1-79(2,3)49-28-35-66-60(38-49)61-39-50(80(4,5)6)29-36-67(61)87(66)56-33-34-64-69(47-56)86(55-31-26-48(27-32-55)57-23-21-24-59-58-22-19-20-25-74(58)90-78(57)59)70-43-54(84(16,17)18)44-71-75(70)85(64)65-42-53(83(13,14)15)46-73-77(65)89(71)72-45-52(82(10,11)12)41-63-62-40-51(81(7,8)9)30-37-68(62)88(73)76(63)72/h19-47H,1-18H3. The molecule has 3 aliphatic rings. The van der Waals surface area contributed by atoms with E-state index in [1.165, 1.54) is 159 Å². The van der Waals surface area contributed by atoms with Crippen molar-refractivity contribution in [1.82, 2.24) is 9.13 Å². The average Bonchev–Trinajstić information content (AvgIpc) is 1.22. The van der Waals surface area contributed by atoms with Crippen LogP contribution in [-0.2, 0) is 32.5 Å². The van der Waals surface area contributed by atoms with E-state index in [1.54, 1.807) is 0 Å². The molecule has 16 rings (SSSR count). The van der Waals surface area contributed by atoms with E-state index in [0.29, 0.717) is 0 Å². The summed E-state index contributed by atoms with van der Waals surface area (Å²) < 4.78 is 7.88. The first-order valence-corrected chi connectivity index (χ1v) is 33.6. The van der Waals surface area contributed by atoms with E-state index < -0.39 is 0 Å². The highest BCUT2D eigenvalue weighted by molar-refractivity contribution is 7.26. The van der Waals surface area contributed by atoms with Crippen molar-refractivity contribution in [3.63, 3.8) is 0 Å². The molecule has 0 bridgehead atoms. The molecule has 0 spiro atoms. The van der Waals surface area contributed by atoms with Gasteiger partial charge in [0.05, 0.1) is 39.1 Å². The van der Waals surface area contributed by atoms with Crippen LogP contribution in [0.3, 0.4) is 0 Å². The number of aromatic nitrogens is 2. The first-order chi connectivity index (χ1) is 42.4. The number of anilines is 6. The predicted molar refractivity (Wildman–Crippen MR) is 393 cm³/mol. The van der Waals surface area contributed by atoms with E-state index in [-0.39, 0.29) is 39.2 Å². The van der Waals surface area contributed by atoms with E-state index in [4.69, 9.17) is 0 Å². The lowest BCUT2D eigenvalue weighted by Gasteiger charge is -2.47. The second-order valence-electron chi connectivity index (χ2n) is 32.8. The third kappa shape index (κ3) is 8.38. The summed E-state index contributed by atoms with van der Waals surface area (Å²) in [6.45, 7) is 42.5. The molecule has 6 heterocycles. The monoisotopic (exact) mass is 1190 g/mol. The number of nitrogens with zero attached hydrogens (tertiary/aromatic N) is 4. The van der Waals surface area contributed by atoms with Crippen LogP contribution in [0.4, 0.5) is 34.1 Å². The number of hydrogen-bond acceptors (Lipinski definition) is 3. The van der Waals surface area contributed by atoms with E-state index in [2.05, 4.69) is 319 Å². The van der Waals surface area contributed by atoms with Gasteiger partial charge in [0.2, 0.25) is 0 Å². The van der Waals surface area contributed by atoms with Crippen LogP contribution in [0.2, 0.25) is 0 Å². The molecule has 13 aromatic rings. The lowest BCUT2D eigenvalue weighted by Crippen LogP contribution is -2.62. The molecule has 3 aliphatic heterocycles. The number of rotatable bonds is 3. The van der Waals surface area contributed by atoms with E-state index in [1.807, 2.05) is 11.3 Å². The lowest BCUT2D eigenvalue weighted by atomic mass is 9.33. The summed E-state index contributed by atoms with van der Waals surface area (Å²) in [7, 11) is 0. The van der Waals surface area contributed by atoms with Crippen molar-refractivity contribution in [1.29, 1.82) is 0 Å². The molecule has 0 radical (unpaired) electrons. The van der Waals surface area contributed by atoms with Gasteiger partial charge in [0, 0.05) is 70.2 Å². The lowest BCUT2D eigenvalue weighted by molar-refractivity contribution is 0.589. The molecule has 0 saturated heterocycles. The highest BCUT2D eigenvalue weighted by Gasteiger charge is 2.48. The Hall–Kier alpha value is -8.32. The molecule has 0 N–H and O–H groups in total. The van der Waals surface area contributed by atoms with Crippen LogP contribution in [-0.4, -0.2) is 15.8 Å². The van der Waals surface area contributed by atoms with Gasteiger partial charge >= 0.3 is 0 Å². The topological polar surface area (TPSA) is 16.3 Å². The Kier molecular flexibility index (Phi) is 11.8. The zero-order valence-electron chi connectivity index (χ0n) is 56.0. The maximum Gasteiger partial charge on any atom is 0.252 e. The zero-order valence-corrected chi connectivity index (χ0v) is 56.8. The maximum atomic E-state index is 2.74. The summed E-state index contributed by atoms with van der Waals surface area (Å²) in [6.07, 6.45) is 0. The van der Waals surface area contributed by atoms with Gasteiger partial charge in [-0.3, -0.25) is 0 Å². The van der Waals surface area contributed by atoms with Gasteiger partial charge in [-0.05, 0) is 190 Å². The molecule has 90 heavy (non-hydrogen) atoms. The first-order valence-electron chi connectivity index (χ1n) is 32.8. The average molecular weight is 1190 g/mol. The molecule has 0 fully saturated rings. The van der Waals surface area contributed by atoms with Crippen molar-refractivity contribution in [2.45, 2.75) is 157 Å². The Morgan fingerprint density at radius 2 is 0.800 bits per heavy atom. The quantitative estimate of drug-likeness (QED) is 0.164. The fraction of sp³-hybridized carbons (Fsp3) is 0.286. The van der Waals surface area contributed by atoms with Crippen molar-refractivity contribution in [2.75, 3.05) is 9.80 Å². The molecule has 0 unspecified atom stereocenters. The number of hydrogen-bond donors (Lipinski definition) is 0. The minimum absolute atomic E-state index is 0.0130. The second kappa shape index (κ2) is 18.7. The van der Waals surface area contributed by atoms with Crippen molar-refractivity contribution in [3.8, 4) is 22.5 Å². The fourth-order valence-corrected chi connectivity index (χ4v) is 16.5. The highest BCUT2D eigenvalue weighted by Crippen LogP contribution is 2.56. The summed E-state index contributed by atoms with van der Waals surface area (Å²) in [6, 6.07) is 70.0. The van der Waals surface area contributed by atoms with Crippen LogP contribution in [0.5, 0.6) is 0 Å². The molecular formula is C84H83BN4S. The Balaban J connectivity index is 1.02. The Morgan fingerprint density at radius 3 is 1.39 bits per heavy atom. The van der Waals surface area contributed by atoms with Gasteiger partial charge in [0.1, 0.15) is 0 Å². The van der Waals surface area contributed by atoms with Gasteiger partial charge in [-0.1, -0.05) is 203 Å². The molecule has 3 aromatic heterocycles. The Labute approximate surface area is 536 Å². The van der Waals surface area contributed by atoms with Crippen LogP contribution in [0.25, 0.3) is 86.3 Å². The molecule has 10 aromatic carbocycles. The van der Waals surface area contributed by atoms with Crippen LogP contribution in [0, 0.1) is 0 Å². The molecule has 0 amide bonds. The number of benzene rings is 10. The molecule has 0 aliphatic carbocycles. The Morgan fingerprint density at radius 1 is 0.322 bits per heavy atom. The predicted octanol–water partition coefficient (Wildman–Crippen LogP) is 22.1. The smallest absolute Gasteiger partial charge is 0.252 e. The van der Waals surface area contributed by atoms with Crippen LogP contribution >= 0.6 is 11.3 Å². The summed E-state index contributed by atoms with van der Waals surface area (Å²) in [5.41, 5.74) is 28.7. The third-order valence-electron chi connectivity index (χ3n) is 20.5. The summed E-state index contributed by atoms with van der Waals surface area (Å²) in [5, 5.41) is 7.85. The fourth-order valence-electron chi connectivity index (χ4n) is 15.2. The number of thiophene rings is 1. The van der Waals surface area contributed by atoms with Gasteiger partial charge in [0.25, 0.3) is 6.71 Å². The summed E-state index contributed by atoms with van der Waals surface area (Å²) in [4.78, 5) is 5.40. The second-order valence-corrected chi connectivity index (χ2v) is 33.8. The highest BCUT2D eigenvalue weighted by atomic mass is 32.1. The van der Waals surface area contributed by atoms with Crippen LogP contribution in [0.15, 0.2) is 176 Å². The normalized spacial score (nSPS) is 14.3. The molecule has 4 nitrogen and oxygen atoms in total. The molecular weight excluding hydrogens is 1110 g/mol. The molecule has 0 atom stereocenters. The van der Waals surface area contributed by atoms with Crippen molar-refractivity contribution in [3.05, 3.63) is 209 Å². The van der Waals surface area contributed by atoms with E-state index in [0.717, 1.165) is 11.4 Å².